The van der Waals surface area contributed by atoms with Gasteiger partial charge in [-0.2, -0.15) is 5.10 Å². The van der Waals surface area contributed by atoms with Crippen LogP contribution >= 0.6 is 0 Å². The Hall–Kier alpha value is -4.85. The van der Waals surface area contributed by atoms with E-state index in [2.05, 4.69) is 9.97 Å². The van der Waals surface area contributed by atoms with Crippen LogP contribution in [0.3, 0.4) is 0 Å². The third kappa shape index (κ3) is 4.69. The molecule has 36 heavy (non-hydrogen) atoms. The minimum absolute atomic E-state index is 0.301. The zero-order valence-electron chi connectivity index (χ0n) is 19.4. The number of hydrogen-bond donors (Lipinski definition) is 0. The average Bonchev–Trinajstić information content (AvgIpc) is 3.39. The second-order valence-corrected chi connectivity index (χ2v) is 8.06. The van der Waals surface area contributed by atoms with E-state index in [1.165, 1.54) is 17.4 Å². The lowest BCUT2D eigenvalue weighted by Crippen LogP contribution is -2.27. The van der Waals surface area contributed by atoms with E-state index in [4.69, 9.17) is 14.6 Å². The van der Waals surface area contributed by atoms with Crippen molar-refractivity contribution in [3.8, 4) is 11.5 Å². The van der Waals surface area contributed by atoms with Crippen LogP contribution in [0.5, 0.6) is 11.5 Å². The Morgan fingerprint density at radius 1 is 0.861 bits per heavy atom. The summed E-state index contributed by atoms with van der Waals surface area (Å²) in [5, 5.41) is 6.15. The first-order valence-electron chi connectivity index (χ1n) is 11.3. The number of aromatic nitrogens is 2. The number of carbonyl (C=O) groups is 2. The molecule has 1 aliphatic heterocycles. The quantitative estimate of drug-likeness (QED) is 0.295. The molecule has 0 radical (unpaired) electrons. The summed E-state index contributed by atoms with van der Waals surface area (Å²) in [5.74, 6) is 0.247. The maximum atomic E-state index is 13.5. The molecule has 3 heterocycles. The highest BCUT2D eigenvalue weighted by molar-refractivity contribution is 6.05. The number of pyridine rings is 2. The molecule has 0 bridgehead atoms. The Labute approximate surface area is 207 Å². The number of ether oxygens (including phenoxy) is 2. The Morgan fingerprint density at radius 2 is 1.56 bits per heavy atom. The molecule has 0 aliphatic carbocycles. The molecule has 1 atom stereocenters. The molecule has 0 N–H and O–H groups in total. The zero-order chi connectivity index (χ0) is 24.9. The Bertz CT molecular complexity index is 1410. The first kappa shape index (κ1) is 22.9. The summed E-state index contributed by atoms with van der Waals surface area (Å²) < 4.78 is 11.0. The van der Waals surface area contributed by atoms with Gasteiger partial charge in [-0.3, -0.25) is 14.8 Å². The molecule has 2 aromatic heterocycles. The van der Waals surface area contributed by atoms with Gasteiger partial charge >= 0.3 is 5.97 Å². The molecule has 178 valence electrons. The fourth-order valence-electron chi connectivity index (χ4n) is 4.01. The van der Waals surface area contributed by atoms with Gasteiger partial charge in [0, 0.05) is 36.8 Å². The molecule has 2 aromatic carbocycles. The summed E-state index contributed by atoms with van der Waals surface area (Å²) in [5.41, 5.74) is 3.00. The summed E-state index contributed by atoms with van der Waals surface area (Å²) in [6, 6.07) is 20.9. The molecule has 0 saturated heterocycles. The van der Waals surface area contributed by atoms with Crippen molar-refractivity contribution in [1.29, 1.82) is 0 Å². The van der Waals surface area contributed by atoms with E-state index >= 15 is 0 Å². The molecule has 0 spiro atoms. The number of amides is 1. The van der Waals surface area contributed by atoms with E-state index in [-0.39, 0.29) is 5.91 Å². The van der Waals surface area contributed by atoms with Crippen molar-refractivity contribution >= 4 is 17.6 Å². The van der Waals surface area contributed by atoms with Gasteiger partial charge < -0.3 is 9.47 Å². The van der Waals surface area contributed by atoms with Crippen LogP contribution in [-0.2, 0) is 0 Å². The summed E-state index contributed by atoms with van der Waals surface area (Å²) in [6.45, 7) is 0. The Kier molecular flexibility index (Phi) is 6.48. The van der Waals surface area contributed by atoms with Crippen LogP contribution in [0.25, 0.3) is 0 Å². The highest BCUT2D eigenvalue weighted by Crippen LogP contribution is 2.38. The van der Waals surface area contributed by atoms with Gasteiger partial charge in [-0.1, -0.05) is 18.2 Å². The summed E-state index contributed by atoms with van der Waals surface area (Å²) in [7, 11) is 1.61. The summed E-state index contributed by atoms with van der Waals surface area (Å²) in [4.78, 5) is 34.3. The molecule has 0 unspecified atom stereocenters. The number of para-hydroxylation sites is 1. The number of hydrogen-bond acceptors (Lipinski definition) is 7. The van der Waals surface area contributed by atoms with E-state index in [1.54, 1.807) is 55.9 Å². The SMILES string of the molecule is COc1ccc(C2=NN(C(=O)c3cccnc3)[C@H](c3ccccc3OC(=O)c3cccnc3)C2)cc1. The van der Waals surface area contributed by atoms with Crippen LogP contribution < -0.4 is 9.47 Å². The summed E-state index contributed by atoms with van der Waals surface area (Å²) >= 11 is 0. The molecule has 0 saturated carbocycles. The van der Waals surface area contributed by atoms with Crippen LogP contribution in [0.1, 0.15) is 44.3 Å². The zero-order valence-corrected chi connectivity index (χ0v) is 19.4. The number of carbonyl (C=O) groups excluding carboxylic acids is 2. The van der Waals surface area contributed by atoms with Gasteiger partial charge in [0.1, 0.15) is 11.5 Å². The largest absolute Gasteiger partial charge is 0.497 e. The van der Waals surface area contributed by atoms with Crippen molar-refractivity contribution in [1.82, 2.24) is 15.0 Å². The van der Waals surface area contributed by atoms with Crippen LogP contribution in [0, 0.1) is 0 Å². The molecule has 4 aromatic rings. The van der Waals surface area contributed by atoms with Crippen molar-refractivity contribution in [2.24, 2.45) is 5.10 Å². The van der Waals surface area contributed by atoms with Gasteiger partial charge in [-0.25, -0.2) is 9.80 Å². The fraction of sp³-hybridized carbons (Fsp3) is 0.107. The number of benzene rings is 2. The average molecular weight is 479 g/mol. The van der Waals surface area contributed by atoms with Gasteiger partial charge in [0.25, 0.3) is 5.91 Å². The van der Waals surface area contributed by atoms with E-state index < -0.39 is 12.0 Å². The lowest BCUT2D eigenvalue weighted by Gasteiger charge is -2.23. The standard InChI is InChI=1S/C28H22N4O4/c1-35-22-12-10-19(11-13-22)24-16-25(32(31-24)27(33)20-6-4-14-29-17-20)23-8-2-3-9-26(23)36-28(34)21-7-5-15-30-18-21/h2-15,17-18,25H,16H2,1H3/t25-/m0/s1. The van der Waals surface area contributed by atoms with Gasteiger partial charge in [0.05, 0.1) is 30.0 Å². The maximum absolute atomic E-state index is 13.5. The molecule has 0 fully saturated rings. The van der Waals surface area contributed by atoms with E-state index in [0.29, 0.717) is 28.9 Å². The van der Waals surface area contributed by atoms with E-state index in [9.17, 15) is 9.59 Å². The van der Waals surface area contributed by atoms with Crippen molar-refractivity contribution in [2.75, 3.05) is 7.11 Å². The lowest BCUT2D eigenvalue weighted by atomic mass is 9.97. The van der Waals surface area contributed by atoms with Crippen LogP contribution in [0.2, 0.25) is 0 Å². The first-order chi connectivity index (χ1) is 17.6. The van der Waals surface area contributed by atoms with Gasteiger partial charge in [-0.05, 0) is 60.2 Å². The van der Waals surface area contributed by atoms with Crippen molar-refractivity contribution in [3.63, 3.8) is 0 Å². The topological polar surface area (TPSA) is 94.0 Å². The third-order valence-electron chi connectivity index (χ3n) is 5.83. The highest BCUT2D eigenvalue weighted by Gasteiger charge is 2.35. The molecule has 8 heteroatoms. The monoisotopic (exact) mass is 478 g/mol. The number of nitrogens with zero attached hydrogens (tertiary/aromatic N) is 4. The predicted molar refractivity (Wildman–Crippen MR) is 133 cm³/mol. The second-order valence-electron chi connectivity index (χ2n) is 8.06. The second kappa shape index (κ2) is 10.2. The maximum Gasteiger partial charge on any atom is 0.345 e. The number of hydrazone groups is 1. The van der Waals surface area contributed by atoms with Crippen LogP contribution in [-0.4, -0.2) is 39.7 Å². The molecular formula is C28H22N4O4. The van der Waals surface area contributed by atoms with Crippen LogP contribution in [0.4, 0.5) is 0 Å². The fourth-order valence-corrected chi connectivity index (χ4v) is 4.01. The van der Waals surface area contributed by atoms with Crippen molar-refractivity contribution in [3.05, 3.63) is 120 Å². The van der Waals surface area contributed by atoms with Gasteiger partial charge in [0.2, 0.25) is 0 Å². The number of esters is 1. The normalized spacial score (nSPS) is 14.8. The number of rotatable bonds is 6. The molecule has 5 rings (SSSR count). The predicted octanol–water partition coefficient (Wildman–Crippen LogP) is 4.70. The Morgan fingerprint density at radius 3 is 2.22 bits per heavy atom. The van der Waals surface area contributed by atoms with E-state index in [1.807, 2.05) is 36.4 Å². The van der Waals surface area contributed by atoms with Gasteiger partial charge in [-0.15, -0.1) is 0 Å². The van der Waals surface area contributed by atoms with E-state index in [0.717, 1.165) is 17.0 Å². The molecule has 1 aliphatic rings. The third-order valence-corrected chi connectivity index (χ3v) is 5.83. The minimum atomic E-state index is -0.532. The smallest absolute Gasteiger partial charge is 0.345 e. The number of methoxy groups -OCH3 is 1. The molecule has 1 amide bonds. The highest BCUT2D eigenvalue weighted by atomic mass is 16.5. The minimum Gasteiger partial charge on any atom is -0.497 e. The summed E-state index contributed by atoms with van der Waals surface area (Å²) in [6.07, 6.45) is 6.58. The molecular weight excluding hydrogens is 456 g/mol. The van der Waals surface area contributed by atoms with Crippen LogP contribution in [0.15, 0.2) is 103 Å². The lowest BCUT2D eigenvalue weighted by molar-refractivity contribution is 0.0700. The first-order valence-corrected chi connectivity index (χ1v) is 11.3. The van der Waals surface area contributed by atoms with Gasteiger partial charge in [0.15, 0.2) is 0 Å². The Balaban J connectivity index is 1.51. The molecule has 8 nitrogen and oxygen atoms in total. The van der Waals surface area contributed by atoms with Crippen molar-refractivity contribution < 1.29 is 19.1 Å². The van der Waals surface area contributed by atoms with Crippen molar-refractivity contribution in [2.45, 2.75) is 12.5 Å².